The van der Waals surface area contributed by atoms with Crippen LogP contribution in [0.2, 0.25) is 0 Å². The van der Waals surface area contributed by atoms with Crippen LogP contribution < -0.4 is 24.8 Å². The van der Waals surface area contributed by atoms with Gasteiger partial charge in [-0.25, -0.2) is 0 Å². The molecule has 0 N–H and O–H groups in total. The molecule has 5 heteroatoms. The molecule has 0 saturated heterocycles. The Bertz CT molecular complexity index is 991. The summed E-state index contributed by atoms with van der Waals surface area (Å²) < 4.78 is 1.48. The van der Waals surface area contributed by atoms with Crippen LogP contribution in [0.4, 0.5) is 0 Å². The molecule has 2 aliphatic carbocycles. The number of benzene rings is 2. The van der Waals surface area contributed by atoms with Gasteiger partial charge in [0, 0.05) is 0 Å². The molecular formula is C28H36Cl2P2Zr. The van der Waals surface area contributed by atoms with Crippen LogP contribution in [0.5, 0.6) is 0 Å². The molecule has 0 saturated carbocycles. The van der Waals surface area contributed by atoms with Gasteiger partial charge in [0.2, 0.25) is 0 Å². The SMILES string of the molecule is CCC(C)P(C1=Cc2ccccc2[CH]1[Zr+2][CH]1C(P(C)C)=Cc2ccccc21)C(C)CC.[Cl-].[Cl-]. The Morgan fingerprint density at radius 1 is 0.727 bits per heavy atom. The molecule has 0 bridgehead atoms. The molecule has 0 amide bonds. The molecule has 0 aromatic heterocycles. The fraction of sp³-hybridized carbons (Fsp3) is 0.429. The third-order valence-electron chi connectivity index (χ3n) is 7.09. The third-order valence-corrected chi connectivity index (χ3v) is 18.0. The van der Waals surface area contributed by atoms with Crippen LogP contribution in [0, 0.1) is 0 Å². The Hall–Kier alpha value is 0.243. The Kier molecular flexibility index (Phi) is 11.6. The summed E-state index contributed by atoms with van der Waals surface area (Å²) in [6.07, 6.45) is 7.81. The Morgan fingerprint density at radius 3 is 1.61 bits per heavy atom. The predicted molar refractivity (Wildman–Crippen MR) is 140 cm³/mol. The quantitative estimate of drug-likeness (QED) is 0.411. The summed E-state index contributed by atoms with van der Waals surface area (Å²) in [4.78, 5) is 0. The van der Waals surface area contributed by atoms with Gasteiger partial charge in [-0.2, -0.15) is 0 Å². The first-order chi connectivity index (χ1) is 15.0. The van der Waals surface area contributed by atoms with E-state index in [0.29, 0.717) is 0 Å². The maximum absolute atomic E-state index is 2.65. The van der Waals surface area contributed by atoms with Crippen molar-refractivity contribution in [1.82, 2.24) is 0 Å². The molecule has 176 valence electrons. The minimum atomic E-state index is -0.787. The molecule has 4 atom stereocenters. The fourth-order valence-electron chi connectivity index (χ4n) is 5.08. The second-order valence-electron chi connectivity index (χ2n) is 9.25. The molecule has 0 nitrogen and oxygen atoms in total. The van der Waals surface area contributed by atoms with Crippen molar-refractivity contribution in [3.8, 4) is 0 Å². The zero-order valence-electron chi connectivity index (χ0n) is 20.6. The minimum Gasteiger partial charge on any atom is -1.00 e. The van der Waals surface area contributed by atoms with Gasteiger partial charge in [0.1, 0.15) is 0 Å². The number of rotatable bonds is 8. The van der Waals surface area contributed by atoms with E-state index in [1.807, 2.05) is 5.31 Å². The monoisotopic (exact) mass is 594 g/mol. The molecule has 0 aliphatic heterocycles. The van der Waals surface area contributed by atoms with Gasteiger partial charge in [-0.05, 0) is 0 Å². The summed E-state index contributed by atoms with van der Waals surface area (Å²) in [7, 11) is -0.144. The molecule has 0 radical (unpaired) electrons. The van der Waals surface area contributed by atoms with E-state index < -0.39 is 23.2 Å². The fourth-order valence-corrected chi connectivity index (χ4v) is 17.7. The molecule has 2 aromatic rings. The number of hydrogen-bond acceptors (Lipinski definition) is 0. The van der Waals surface area contributed by atoms with Gasteiger partial charge in [0.25, 0.3) is 0 Å². The summed E-state index contributed by atoms with van der Waals surface area (Å²) >= 11 is -0.787. The average Bonchev–Trinajstić information content (AvgIpc) is 3.33. The number of hydrogen-bond donors (Lipinski definition) is 0. The third kappa shape index (κ3) is 5.98. The van der Waals surface area contributed by atoms with E-state index in [-0.39, 0.29) is 40.7 Å². The standard InChI is InChI=1S/C17H24P.C11H12P.2ClH.Zr/c1-5-13(3)18(14(4)6-2)17-11-15-9-7-8-10-16(15)12-17;1-12(2)11-7-9-5-3-4-6-10(9)8-11;;;/h7-14H,5-6H2,1-4H3;3-8H,1-2H3;2*1H;/q;;;;+2/p-2. The molecule has 2 aliphatic rings. The molecular weight excluding hydrogens is 560 g/mol. The molecule has 4 unspecified atom stereocenters. The van der Waals surface area contributed by atoms with Gasteiger partial charge in [0.15, 0.2) is 0 Å². The first-order valence-electron chi connectivity index (χ1n) is 11.8. The van der Waals surface area contributed by atoms with Gasteiger partial charge < -0.3 is 24.8 Å². The maximum atomic E-state index is 2.65. The van der Waals surface area contributed by atoms with E-state index in [1.54, 1.807) is 16.4 Å². The summed E-state index contributed by atoms with van der Waals surface area (Å²) in [5.41, 5.74) is 7.95. The van der Waals surface area contributed by atoms with Crippen molar-refractivity contribution in [1.29, 1.82) is 0 Å². The van der Waals surface area contributed by atoms with E-state index in [2.05, 4.69) is 102 Å². The predicted octanol–water partition coefficient (Wildman–Crippen LogP) is 3.09. The van der Waals surface area contributed by atoms with Crippen molar-refractivity contribution in [3.05, 3.63) is 81.4 Å². The van der Waals surface area contributed by atoms with E-state index in [4.69, 9.17) is 0 Å². The molecule has 2 aromatic carbocycles. The van der Waals surface area contributed by atoms with Crippen LogP contribution in [-0.4, -0.2) is 24.6 Å². The second-order valence-corrected chi connectivity index (χ2v) is 18.3. The number of halogens is 2. The smallest absolute Gasteiger partial charge is 1.00 e. The maximum Gasteiger partial charge on any atom is -1.00 e. The zero-order chi connectivity index (χ0) is 22.1. The van der Waals surface area contributed by atoms with Crippen molar-refractivity contribution in [2.75, 3.05) is 13.3 Å². The van der Waals surface area contributed by atoms with E-state index >= 15 is 0 Å². The first kappa shape index (κ1) is 29.5. The largest absolute Gasteiger partial charge is 1.00 e. The molecule has 0 fully saturated rings. The van der Waals surface area contributed by atoms with Gasteiger partial charge in [0.05, 0.1) is 0 Å². The normalized spacial score (nSPS) is 20.9. The topological polar surface area (TPSA) is 0 Å². The minimum absolute atomic E-state index is 0. The Morgan fingerprint density at radius 2 is 1.15 bits per heavy atom. The van der Waals surface area contributed by atoms with Crippen LogP contribution in [0.3, 0.4) is 0 Å². The molecule has 0 spiro atoms. The summed E-state index contributed by atoms with van der Waals surface area (Å²) in [6, 6.07) is 18.6. The van der Waals surface area contributed by atoms with Crippen molar-refractivity contribution >= 4 is 28.0 Å². The summed E-state index contributed by atoms with van der Waals surface area (Å²) in [6.45, 7) is 14.8. The van der Waals surface area contributed by atoms with Crippen molar-refractivity contribution in [3.63, 3.8) is 0 Å². The summed E-state index contributed by atoms with van der Waals surface area (Å²) in [5, 5.41) is 3.62. The number of fused-ring (bicyclic) bond motifs is 2. The summed E-state index contributed by atoms with van der Waals surface area (Å²) in [5.74, 6) is 0. The van der Waals surface area contributed by atoms with Crippen molar-refractivity contribution in [2.45, 2.75) is 59.1 Å². The Labute approximate surface area is 228 Å². The second kappa shape index (κ2) is 13.0. The molecule has 33 heavy (non-hydrogen) atoms. The van der Waals surface area contributed by atoms with E-state index in [9.17, 15) is 0 Å². The van der Waals surface area contributed by atoms with Crippen LogP contribution in [0.15, 0.2) is 59.2 Å². The van der Waals surface area contributed by atoms with Gasteiger partial charge in [-0.1, -0.05) is 0 Å². The Balaban J connectivity index is 0.00000193. The van der Waals surface area contributed by atoms with E-state index in [1.165, 1.54) is 24.0 Å². The van der Waals surface area contributed by atoms with Crippen LogP contribution in [-0.2, 0) is 23.2 Å². The first-order valence-corrected chi connectivity index (χ1v) is 18.3. The van der Waals surface area contributed by atoms with Gasteiger partial charge >= 0.3 is 205 Å². The zero-order valence-corrected chi connectivity index (χ0v) is 26.4. The van der Waals surface area contributed by atoms with E-state index in [0.717, 1.165) is 18.6 Å². The van der Waals surface area contributed by atoms with Crippen LogP contribution in [0.25, 0.3) is 12.2 Å². The van der Waals surface area contributed by atoms with Crippen LogP contribution in [0.1, 0.15) is 70.0 Å². The van der Waals surface area contributed by atoms with Gasteiger partial charge in [-0.3, -0.25) is 0 Å². The van der Waals surface area contributed by atoms with Crippen molar-refractivity contribution in [2.24, 2.45) is 0 Å². The van der Waals surface area contributed by atoms with Crippen molar-refractivity contribution < 1.29 is 48.0 Å². The van der Waals surface area contributed by atoms with Gasteiger partial charge in [-0.15, -0.1) is 0 Å². The molecule has 0 heterocycles. The number of allylic oxidation sites excluding steroid dienone is 2. The average molecular weight is 597 g/mol. The molecule has 4 rings (SSSR count). The van der Waals surface area contributed by atoms with Crippen LogP contribution >= 0.6 is 15.8 Å².